The van der Waals surface area contributed by atoms with Gasteiger partial charge in [0.05, 0.1) is 6.20 Å². The molecule has 1 heterocycles. The maximum atomic E-state index is 4.68. The largest absolute Gasteiger partial charge is 0.339 e. The Morgan fingerprint density at radius 1 is 0.962 bits per heavy atom. The number of hydrogen-bond donors (Lipinski definition) is 1. The van der Waals surface area contributed by atoms with Gasteiger partial charge in [-0.2, -0.15) is 10.1 Å². The first-order valence-corrected chi connectivity index (χ1v) is 8.88. The van der Waals surface area contributed by atoms with Crippen molar-refractivity contribution in [2.75, 3.05) is 16.8 Å². The van der Waals surface area contributed by atoms with Crippen LogP contribution in [0.25, 0.3) is 0 Å². The van der Waals surface area contributed by atoms with E-state index in [2.05, 4.69) is 66.4 Å². The molecule has 0 fully saturated rings. The predicted octanol–water partition coefficient (Wildman–Crippen LogP) is 5.07. The van der Waals surface area contributed by atoms with Crippen LogP contribution < -0.4 is 10.2 Å². The minimum atomic E-state index is 0.0341. The fourth-order valence-electron chi connectivity index (χ4n) is 2.90. The first-order chi connectivity index (χ1) is 12.5. The van der Waals surface area contributed by atoms with Crippen molar-refractivity contribution < 1.29 is 0 Å². The molecule has 0 unspecified atom stereocenters. The third-order valence-corrected chi connectivity index (χ3v) is 4.17. The normalized spacial score (nSPS) is 11.2. The fourth-order valence-corrected chi connectivity index (χ4v) is 2.90. The number of nitrogens with one attached hydrogen (secondary N) is 1. The van der Waals surface area contributed by atoms with Gasteiger partial charge in [-0.25, -0.2) is 0 Å². The summed E-state index contributed by atoms with van der Waals surface area (Å²) in [5.74, 6) is 1.26. The average Bonchev–Trinajstić information content (AvgIpc) is 2.63. The van der Waals surface area contributed by atoms with E-state index in [1.54, 1.807) is 6.20 Å². The predicted molar refractivity (Wildman–Crippen MR) is 107 cm³/mol. The van der Waals surface area contributed by atoms with Crippen LogP contribution in [0.15, 0.2) is 60.8 Å². The van der Waals surface area contributed by atoms with E-state index >= 15 is 0 Å². The highest BCUT2D eigenvalue weighted by atomic mass is 15.3. The van der Waals surface area contributed by atoms with Crippen LogP contribution in [0.2, 0.25) is 0 Å². The van der Waals surface area contributed by atoms with Crippen molar-refractivity contribution in [2.24, 2.45) is 0 Å². The van der Waals surface area contributed by atoms with E-state index in [0.717, 1.165) is 17.9 Å². The standard InChI is InChI=1S/C21H25N5/c1-5-26(16-11-7-6-8-12-16)20-24-19(15-22-25-20)23-18-14-10-9-13-17(18)21(2,3)4/h6-15H,5H2,1-4H3,(H,23,24,25). The van der Waals surface area contributed by atoms with E-state index < -0.39 is 0 Å². The van der Waals surface area contributed by atoms with Crippen LogP contribution in [0, 0.1) is 0 Å². The van der Waals surface area contributed by atoms with Gasteiger partial charge in [-0.15, -0.1) is 5.10 Å². The molecule has 0 bridgehead atoms. The van der Waals surface area contributed by atoms with Gasteiger partial charge in [0.25, 0.3) is 5.95 Å². The Kier molecular flexibility index (Phi) is 5.16. The molecule has 0 spiro atoms. The van der Waals surface area contributed by atoms with Crippen LogP contribution in [0.3, 0.4) is 0 Å². The lowest BCUT2D eigenvalue weighted by Gasteiger charge is -2.24. The van der Waals surface area contributed by atoms with E-state index in [1.807, 2.05) is 41.3 Å². The summed E-state index contributed by atoms with van der Waals surface area (Å²) in [6.45, 7) is 9.43. The molecule has 134 valence electrons. The molecule has 3 rings (SSSR count). The van der Waals surface area contributed by atoms with Gasteiger partial charge in [0.15, 0.2) is 5.82 Å². The van der Waals surface area contributed by atoms with Crippen molar-refractivity contribution >= 4 is 23.1 Å². The van der Waals surface area contributed by atoms with Crippen LogP contribution in [0.5, 0.6) is 0 Å². The number of aromatic nitrogens is 3. The number of anilines is 4. The molecule has 1 aromatic heterocycles. The zero-order valence-corrected chi connectivity index (χ0v) is 15.8. The first-order valence-electron chi connectivity index (χ1n) is 8.88. The van der Waals surface area contributed by atoms with Gasteiger partial charge >= 0.3 is 0 Å². The summed E-state index contributed by atoms with van der Waals surface area (Å²) in [4.78, 5) is 6.72. The van der Waals surface area contributed by atoms with Crippen molar-refractivity contribution in [1.82, 2.24) is 15.2 Å². The quantitative estimate of drug-likeness (QED) is 0.698. The van der Waals surface area contributed by atoms with Gasteiger partial charge in [0, 0.05) is 17.9 Å². The summed E-state index contributed by atoms with van der Waals surface area (Å²) < 4.78 is 0. The molecular formula is C21H25N5. The number of benzene rings is 2. The van der Waals surface area contributed by atoms with Crippen LogP contribution in [-0.2, 0) is 5.41 Å². The molecule has 0 amide bonds. The Morgan fingerprint density at radius 2 is 1.65 bits per heavy atom. The fraction of sp³-hybridized carbons (Fsp3) is 0.286. The highest BCUT2D eigenvalue weighted by Crippen LogP contribution is 2.31. The molecule has 0 aliphatic heterocycles. The SMILES string of the molecule is CCN(c1ccccc1)c1nncc(Nc2ccccc2C(C)(C)C)n1. The van der Waals surface area contributed by atoms with Gasteiger partial charge in [-0.3, -0.25) is 0 Å². The summed E-state index contributed by atoms with van der Waals surface area (Å²) in [6, 6.07) is 18.4. The van der Waals surface area contributed by atoms with Crippen molar-refractivity contribution in [1.29, 1.82) is 0 Å². The zero-order chi connectivity index (χ0) is 18.6. The second-order valence-electron chi connectivity index (χ2n) is 7.14. The summed E-state index contributed by atoms with van der Waals surface area (Å²) in [5.41, 5.74) is 3.35. The molecule has 0 atom stereocenters. The van der Waals surface area contributed by atoms with Crippen molar-refractivity contribution in [3.05, 3.63) is 66.4 Å². The second-order valence-corrected chi connectivity index (χ2v) is 7.14. The Morgan fingerprint density at radius 3 is 2.35 bits per heavy atom. The monoisotopic (exact) mass is 347 g/mol. The summed E-state index contributed by atoms with van der Waals surface area (Å²) in [7, 11) is 0. The Bertz CT molecular complexity index is 856. The van der Waals surface area contributed by atoms with Gasteiger partial charge in [0.2, 0.25) is 0 Å². The molecular weight excluding hydrogens is 322 g/mol. The summed E-state index contributed by atoms with van der Waals surface area (Å²) in [5, 5.41) is 11.8. The summed E-state index contributed by atoms with van der Waals surface area (Å²) >= 11 is 0. The minimum absolute atomic E-state index is 0.0341. The van der Waals surface area contributed by atoms with Gasteiger partial charge in [0.1, 0.15) is 0 Å². The zero-order valence-electron chi connectivity index (χ0n) is 15.8. The molecule has 0 saturated carbocycles. The average molecular weight is 347 g/mol. The van der Waals surface area contributed by atoms with E-state index in [1.165, 1.54) is 5.56 Å². The molecule has 0 aliphatic carbocycles. The number of para-hydroxylation sites is 2. The van der Waals surface area contributed by atoms with Crippen molar-refractivity contribution in [2.45, 2.75) is 33.1 Å². The molecule has 2 aromatic carbocycles. The highest BCUT2D eigenvalue weighted by Gasteiger charge is 2.18. The van der Waals surface area contributed by atoms with E-state index in [4.69, 9.17) is 0 Å². The maximum Gasteiger partial charge on any atom is 0.251 e. The van der Waals surface area contributed by atoms with E-state index in [9.17, 15) is 0 Å². The van der Waals surface area contributed by atoms with Crippen LogP contribution in [0.4, 0.5) is 23.1 Å². The van der Waals surface area contributed by atoms with Crippen LogP contribution >= 0.6 is 0 Å². The Hall–Kier alpha value is -2.95. The van der Waals surface area contributed by atoms with E-state index in [-0.39, 0.29) is 5.41 Å². The van der Waals surface area contributed by atoms with E-state index in [0.29, 0.717) is 11.8 Å². The van der Waals surface area contributed by atoms with Crippen molar-refractivity contribution in [3.8, 4) is 0 Å². The van der Waals surface area contributed by atoms with Crippen LogP contribution in [0.1, 0.15) is 33.3 Å². The van der Waals surface area contributed by atoms with Gasteiger partial charge in [-0.05, 0) is 36.1 Å². The van der Waals surface area contributed by atoms with Gasteiger partial charge in [-0.1, -0.05) is 57.2 Å². The van der Waals surface area contributed by atoms with Crippen LogP contribution in [-0.4, -0.2) is 21.7 Å². The smallest absolute Gasteiger partial charge is 0.251 e. The van der Waals surface area contributed by atoms with Crippen molar-refractivity contribution in [3.63, 3.8) is 0 Å². The summed E-state index contributed by atoms with van der Waals surface area (Å²) in [6.07, 6.45) is 1.65. The molecule has 0 saturated heterocycles. The molecule has 3 aromatic rings. The molecule has 5 nitrogen and oxygen atoms in total. The minimum Gasteiger partial charge on any atom is -0.339 e. The molecule has 0 radical (unpaired) electrons. The Balaban J connectivity index is 1.92. The third-order valence-electron chi connectivity index (χ3n) is 4.17. The lowest BCUT2D eigenvalue weighted by molar-refractivity contribution is 0.592. The Labute approximate surface area is 155 Å². The number of nitrogens with zero attached hydrogens (tertiary/aromatic N) is 4. The second kappa shape index (κ2) is 7.52. The number of rotatable bonds is 5. The van der Waals surface area contributed by atoms with Gasteiger partial charge < -0.3 is 10.2 Å². The topological polar surface area (TPSA) is 53.9 Å². The first kappa shape index (κ1) is 17.9. The third kappa shape index (κ3) is 3.99. The lowest BCUT2D eigenvalue weighted by Crippen LogP contribution is -2.20. The molecule has 1 N–H and O–H groups in total. The molecule has 5 heteroatoms. The molecule has 26 heavy (non-hydrogen) atoms. The molecule has 0 aliphatic rings. The number of hydrogen-bond acceptors (Lipinski definition) is 5. The maximum absolute atomic E-state index is 4.68. The lowest BCUT2D eigenvalue weighted by atomic mass is 9.86. The highest BCUT2D eigenvalue weighted by molar-refractivity contribution is 5.63.